The molecule has 6 heteroatoms. The Morgan fingerprint density at radius 1 is 1.05 bits per heavy atom. The molecule has 0 spiro atoms. The summed E-state index contributed by atoms with van der Waals surface area (Å²) >= 11 is 0. The van der Waals surface area contributed by atoms with Crippen molar-refractivity contribution in [3.63, 3.8) is 0 Å². The van der Waals surface area contributed by atoms with E-state index in [0.29, 0.717) is 11.3 Å². The first-order valence-electron chi connectivity index (χ1n) is 6.45. The molecule has 0 saturated heterocycles. The van der Waals surface area contributed by atoms with Crippen LogP contribution in [0.25, 0.3) is 0 Å². The molecular formula is C16H13F3N2O. The van der Waals surface area contributed by atoms with Crippen LogP contribution in [0.5, 0.6) is 0 Å². The Labute approximate surface area is 125 Å². The summed E-state index contributed by atoms with van der Waals surface area (Å²) in [5.74, 6) is -0.602. The molecule has 3 nitrogen and oxygen atoms in total. The summed E-state index contributed by atoms with van der Waals surface area (Å²) in [6.45, 7) is 0. The SMILES string of the molecule is NC(=O)CC(=Nc1cccc(C(F)(F)F)c1)c1ccccc1. The maximum atomic E-state index is 12.7. The van der Waals surface area contributed by atoms with Gasteiger partial charge in [0.1, 0.15) is 0 Å². The highest BCUT2D eigenvalue weighted by atomic mass is 19.4. The molecule has 0 aromatic heterocycles. The third kappa shape index (κ3) is 4.18. The quantitative estimate of drug-likeness (QED) is 0.860. The van der Waals surface area contributed by atoms with Gasteiger partial charge in [0, 0.05) is 0 Å². The first-order chi connectivity index (χ1) is 10.4. The fourth-order valence-corrected chi connectivity index (χ4v) is 1.91. The molecule has 2 N–H and O–H groups in total. The number of alkyl halides is 3. The van der Waals surface area contributed by atoms with Crippen molar-refractivity contribution in [3.8, 4) is 0 Å². The molecule has 22 heavy (non-hydrogen) atoms. The zero-order valence-corrected chi connectivity index (χ0v) is 11.5. The second-order valence-electron chi connectivity index (χ2n) is 4.62. The number of nitrogens with two attached hydrogens (primary N) is 1. The molecule has 0 radical (unpaired) electrons. The monoisotopic (exact) mass is 306 g/mol. The van der Waals surface area contributed by atoms with Crippen molar-refractivity contribution in [3.05, 3.63) is 65.7 Å². The van der Waals surface area contributed by atoms with Crippen LogP contribution in [0, 0.1) is 0 Å². The van der Waals surface area contributed by atoms with Crippen molar-refractivity contribution in [1.82, 2.24) is 0 Å². The minimum atomic E-state index is -4.44. The number of amides is 1. The van der Waals surface area contributed by atoms with Crippen LogP contribution in [-0.4, -0.2) is 11.6 Å². The molecule has 0 unspecified atom stereocenters. The van der Waals surface area contributed by atoms with E-state index in [1.165, 1.54) is 12.1 Å². The molecule has 114 valence electrons. The first-order valence-corrected chi connectivity index (χ1v) is 6.45. The molecule has 2 rings (SSSR count). The number of carbonyl (C=O) groups excluding carboxylic acids is 1. The number of rotatable bonds is 4. The van der Waals surface area contributed by atoms with Gasteiger partial charge in [-0.1, -0.05) is 36.4 Å². The molecule has 0 fully saturated rings. The molecule has 0 aliphatic rings. The van der Waals surface area contributed by atoms with Crippen molar-refractivity contribution in [1.29, 1.82) is 0 Å². The fraction of sp³-hybridized carbons (Fsp3) is 0.125. The van der Waals surface area contributed by atoms with Gasteiger partial charge in [-0.25, -0.2) is 0 Å². The van der Waals surface area contributed by atoms with Crippen LogP contribution >= 0.6 is 0 Å². The second kappa shape index (κ2) is 6.43. The summed E-state index contributed by atoms with van der Waals surface area (Å²) in [6.07, 6.45) is -4.59. The lowest BCUT2D eigenvalue weighted by Gasteiger charge is -2.08. The van der Waals surface area contributed by atoms with Crippen LogP contribution in [0.3, 0.4) is 0 Å². The first kappa shape index (κ1) is 15.8. The lowest BCUT2D eigenvalue weighted by atomic mass is 10.1. The third-order valence-electron chi connectivity index (χ3n) is 2.89. The Hall–Kier alpha value is -2.63. The number of benzene rings is 2. The van der Waals surface area contributed by atoms with Crippen LogP contribution in [-0.2, 0) is 11.0 Å². The van der Waals surface area contributed by atoms with Crippen LogP contribution in [0.2, 0.25) is 0 Å². The van der Waals surface area contributed by atoms with Gasteiger partial charge in [-0.05, 0) is 23.8 Å². The van der Waals surface area contributed by atoms with Gasteiger partial charge in [0.2, 0.25) is 5.91 Å². The number of hydrogen-bond donors (Lipinski definition) is 1. The van der Waals surface area contributed by atoms with E-state index in [1.807, 2.05) is 0 Å². The average Bonchev–Trinajstić information content (AvgIpc) is 2.46. The smallest absolute Gasteiger partial charge is 0.369 e. The number of carbonyl (C=O) groups is 1. The predicted molar refractivity (Wildman–Crippen MR) is 77.9 cm³/mol. The molecule has 0 atom stereocenters. The molecule has 0 aliphatic carbocycles. The Bertz CT molecular complexity index is 694. The number of primary amides is 1. The Kier molecular flexibility index (Phi) is 4.60. The van der Waals surface area contributed by atoms with Crippen LogP contribution in [0.4, 0.5) is 18.9 Å². The van der Waals surface area contributed by atoms with E-state index in [4.69, 9.17) is 5.73 Å². The highest BCUT2D eigenvalue weighted by Gasteiger charge is 2.30. The maximum absolute atomic E-state index is 12.7. The molecule has 0 aliphatic heterocycles. The van der Waals surface area contributed by atoms with Gasteiger partial charge < -0.3 is 5.73 Å². The minimum absolute atomic E-state index is 0.120. The minimum Gasteiger partial charge on any atom is -0.369 e. The lowest BCUT2D eigenvalue weighted by molar-refractivity contribution is -0.137. The highest BCUT2D eigenvalue weighted by Crippen LogP contribution is 2.31. The second-order valence-corrected chi connectivity index (χ2v) is 4.62. The normalized spacial score (nSPS) is 12.2. The van der Waals surface area contributed by atoms with Crippen molar-refractivity contribution < 1.29 is 18.0 Å². The predicted octanol–water partition coefficient (Wildman–Crippen LogP) is 3.70. The number of halogens is 3. The van der Waals surface area contributed by atoms with E-state index in [0.717, 1.165) is 12.1 Å². The van der Waals surface area contributed by atoms with E-state index >= 15 is 0 Å². The Morgan fingerprint density at radius 3 is 2.32 bits per heavy atom. The molecule has 2 aromatic carbocycles. The zero-order chi connectivity index (χ0) is 16.2. The summed E-state index contributed by atoms with van der Waals surface area (Å²) in [6, 6.07) is 13.3. The molecule has 0 heterocycles. The van der Waals surface area contributed by atoms with Gasteiger partial charge in [0.05, 0.1) is 23.4 Å². The Morgan fingerprint density at radius 2 is 1.73 bits per heavy atom. The van der Waals surface area contributed by atoms with E-state index in [9.17, 15) is 18.0 Å². The van der Waals surface area contributed by atoms with Crippen LogP contribution in [0.1, 0.15) is 17.5 Å². The molecule has 2 aromatic rings. The van der Waals surface area contributed by atoms with Gasteiger partial charge in [0.15, 0.2) is 0 Å². The maximum Gasteiger partial charge on any atom is 0.416 e. The fourth-order valence-electron chi connectivity index (χ4n) is 1.91. The standard InChI is InChI=1S/C16H13F3N2O/c17-16(18,19)12-7-4-8-13(9-12)21-14(10-15(20)22)11-5-2-1-3-6-11/h1-9H,10H2,(H2,20,22). The summed E-state index contributed by atoms with van der Waals surface area (Å²) in [7, 11) is 0. The lowest BCUT2D eigenvalue weighted by Crippen LogP contribution is -2.17. The summed E-state index contributed by atoms with van der Waals surface area (Å²) < 4.78 is 38.1. The van der Waals surface area contributed by atoms with Crippen molar-refractivity contribution in [2.75, 3.05) is 0 Å². The number of nitrogens with zero attached hydrogens (tertiary/aromatic N) is 1. The number of hydrogen-bond acceptors (Lipinski definition) is 2. The average molecular weight is 306 g/mol. The van der Waals surface area contributed by atoms with E-state index in [2.05, 4.69) is 4.99 Å². The van der Waals surface area contributed by atoms with Crippen molar-refractivity contribution in [2.24, 2.45) is 10.7 Å². The summed E-state index contributed by atoms with van der Waals surface area (Å²) in [5, 5.41) is 0. The summed E-state index contributed by atoms with van der Waals surface area (Å²) in [5.41, 5.74) is 5.48. The molecular weight excluding hydrogens is 293 g/mol. The highest BCUT2D eigenvalue weighted by molar-refractivity contribution is 6.11. The summed E-state index contributed by atoms with van der Waals surface area (Å²) in [4.78, 5) is 15.3. The van der Waals surface area contributed by atoms with E-state index in [-0.39, 0.29) is 12.1 Å². The molecule has 0 saturated carbocycles. The Balaban J connectivity index is 2.44. The van der Waals surface area contributed by atoms with E-state index < -0.39 is 17.6 Å². The van der Waals surface area contributed by atoms with Gasteiger partial charge >= 0.3 is 6.18 Å². The zero-order valence-electron chi connectivity index (χ0n) is 11.5. The van der Waals surface area contributed by atoms with Crippen molar-refractivity contribution >= 4 is 17.3 Å². The number of aliphatic imine (C=N–C) groups is 1. The third-order valence-corrected chi connectivity index (χ3v) is 2.89. The van der Waals surface area contributed by atoms with Gasteiger partial charge in [-0.2, -0.15) is 13.2 Å². The molecule has 0 bridgehead atoms. The van der Waals surface area contributed by atoms with Crippen molar-refractivity contribution in [2.45, 2.75) is 12.6 Å². The van der Waals surface area contributed by atoms with Crippen LogP contribution in [0.15, 0.2) is 59.6 Å². The van der Waals surface area contributed by atoms with E-state index in [1.54, 1.807) is 30.3 Å². The largest absolute Gasteiger partial charge is 0.416 e. The van der Waals surface area contributed by atoms with Gasteiger partial charge in [0.25, 0.3) is 0 Å². The van der Waals surface area contributed by atoms with Gasteiger partial charge in [-0.3, -0.25) is 9.79 Å². The molecule has 1 amide bonds. The van der Waals surface area contributed by atoms with Gasteiger partial charge in [-0.15, -0.1) is 0 Å². The topological polar surface area (TPSA) is 55.5 Å². The van der Waals surface area contributed by atoms with Crippen LogP contribution < -0.4 is 5.73 Å².